The molecule has 0 bridgehead atoms. The lowest BCUT2D eigenvalue weighted by atomic mass is 10.1. The molecule has 9 heteroatoms. The molecule has 0 saturated carbocycles. The molecule has 8 nitrogen and oxygen atoms in total. The van der Waals surface area contributed by atoms with Crippen LogP contribution in [0.2, 0.25) is 0 Å². The number of amides is 2. The number of thiazole rings is 1. The molecular formula is C14H14N4O4S. The van der Waals surface area contributed by atoms with Crippen LogP contribution in [0.3, 0.4) is 0 Å². The molecule has 23 heavy (non-hydrogen) atoms. The van der Waals surface area contributed by atoms with E-state index in [9.17, 15) is 19.7 Å². The smallest absolute Gasteiger partial charge is 0.274 e. The number of aromatic nitrogens is 1. The van der Waals surface area contributed by atoms with Crippen molar-refractivity contribution in [2.45, 2.75) is 19.8 Å². The zero-order valence-corrected chi connectivity index (χ0v) is 13.1. The molecule has 0 radical (unpaired) electrons. The standard InChI is InChI=1S/C14H14N4O4S/c1-9-10(3-2-4-11(9)18(21)22)16-12(19)5-6-13(20)17-14-15-7-8-23-14/h2-4,7-8H,5-6H2,1H3,(H,16,19)(H,15,17,20). The quantitative estimate of drug-likeness (QED) is 0.622. The van der Waals surface area contributed by atoms with E-state index in [0.29, 0.717) is 16.4 Å². The number of rotatable bonds is 6. The maximum absolute atomic E-state index is 11.9. The summed E-state index contributed by atoms with van der Waals surface area (Å²) < 4.78 is 0. The van der Waals surface area contributed by atoms with Crippen LogP contribution in [-0.4, -0.2) is 21.7 Å². The highest BCUT2D eigenvalue weighted by atomic mass is 32.1. The van der Waals surface area contributed by atoms with Gasteiger partial charge in [-0.1, -0.05) is 6.07 Å². The summed E-state index contributed by atoms with van der Waals surface area (Å²) in [6.45, 7) is 1.56. The van der Waals surface area contributed by atoms with E-state index in [1.165, 1.54) is 23.5 Å². The van der Waals surface area contributed by atoms with Gasteiger partial charge in [0.2, 0.25) is 11.8 Å². The Morgan fingerprint density at radius 1 is 1.26 bits per heavy atom. The Balaban J connectivity index is 1.89. The maximum Gasteiger partial charge on any atom is 0.274 e. The number of nitro groups is 1. The average molecular weight is 334 g/mol. The van der Waals surface area contributed by atoms with E-state index in [4.69, 9.17) is 0 Å². The Labute approximate surface area is 135 Å². The molecule has 2 N–H and O–H groups in total. The molecule has 2 rings (SSSR count). The molecule has 2 amide bonds. The van der Waals surface area contributed by atoms with Gasteiger partial charge in [0.15, 0.2) is 5.13 Å². The predicted octanol–water partition coefficient (Wildman–Crippen LogP) is 2.72. The maximum atomic E-state index is 11.9. The van der Waals surface area contributed by atoms with Crippen molar-refractivity contribution >= 4 is 39.7 Å². The summed E-state index contributed by atoms with van der Waals surface area (Å²) in [5.74, 6) is -0.700. The van der Waals surface area contributed by atoms with E-state index in [2.05, 4.69) is 15.6 Å². The third-order valence-electron chi connectivity index (χ3n) is 3.03. The van der Waals surface area contributed by atoms with Gasteiger partial charge in [-0.15, -0.1) is 11.3 Å². The monoisotopic (exact) mass is 334 g/mol. The van der Waals surface area contributed by atoms with Crippen LogP contribution in [0.25, 0.3) is 0 Å². The minimum Gasteiger partial charge on any atom is -0.326 e. The number of hydrogen-bond acceptors (Lipinski definition) is 6. The first kappa shape index (κ1) is 16.6. The second-order valence-corrected chi connectivity index (χ2v) is 5.53. The van der Waals surface area contributed by atoms with Gasteiger partial charge in [0.1, 0.15) is 0 Å². The summed E-state index contributed by atoms with van der Waals surface area (Å²) in [6, 6.07) is 4.44. The molecule has 0 fully saturated rings. The number of carbonyl (C=O) groups excluding carboxylic acids is 2. The molecule has 0 aliphatic rings. The van der Waals surface area contributed by atoms with Gasteiger partial charge in [0.25, 0.3) is 5.69 Å². The normalized spacial score (nSPS) is 10.1. The number of nitro benzene ring substituents is 1. The van der Waals surface area contributed by atoms with E-state index in [0.717, 1.165) is 0 Å². The highest BCUT2D eigenvalue weighted by Gasteiger charge is 2.15. The summed E-state index contributed by atoms with van der Waals surface area (Å²) >= 11 is 1.29. The van der Waals surface area contributed by atoms with E-state index in [1.807, 2.05) is 0 Å². The fraction of sp³-hybridized carbons (Fsp3) is 0.214. The topological polar surface area (TPSA) is 114 Å². The fourth-order valence-electron chi connectivity index (χ4n) is 1.86. The third kappa shape index (κ3) is 4.58. The van der Waals surface area contributed by atoms with Gasteiger partial charge in [0, 0.05) is 30.5 Å². The van der Waals surface area contributed by atoms with Crippen molar-refractivity contribution in [3.8, 4) is 0 Å². The highest BCUT2D eigenvalue weighted by molar-refractivity contribution is 7.13. The second kappa shape index (κ2) is 7.45. The lowest BCUT2D eigenvalue weighted by Crippen LogP contribution is -2.17. The molecule has 0 spiro atoms. The lowest BCUT2D eigenvalue weighted by Gasteiger charge is -2.08. The predicted molar refractivity (Wildman–Crippen MR) is 86.4 cm³/mol. The van der Waals surface area contributed by atoms with Gasteiger partial charge in [-0.3, -0.25) is 19.7 Å². The van der Waals surface area contributed by atoms with Crippen molar-refractivity contribution in [1.82, 2.24) is 4.98 Å². The van der Waals surface area contributed by atoms with Gasteiger partial charge in [-0.2, -0.15) is 0 Å². The zero-order chi connectivity index (χ0) is 16.8. The number of nitrogens with zero attached hydrogens (tertiary/aromatic N) is 2. The molecule has 0 atom stereocenters. The number of carbonyl (C=O) groups is 2. The van der Waals surface area contributed by atoms with Crippen molar-refractivity contribution in [3.63, 3.8) is 0 Å². The molecule has 1 aromatic carbocycles. The Hall–Kier alpha value is -2.81. The van der Waals surface area contributed by atoms with Gasteiger partial charge < -0.3 is 10.6 Å². The molecular weight excluding hydrogens is 320 g/mol. The van der Waals surface area contributed by atoms with Crippen LogP contribution in [0.4, 0.5) is 16.5 Å². The molecule has 1 aromatic heterocycles. The molecule has 0 saturated heterocycles. The van der Waals surface area contributed by atoms with Crippen LogP contribution in [0.5, 0.6) is 0 Å². The summed E-state index contributed by atoms with van der Waals surface area (Å²) in [5.41, 5.74) is 0.673. The first-order valence-corrected chi connectivity index (χ1v) is 7.58. The summed E-state index contributed by atoms with van der Waals surface area (Å²) in [4.78, 5) is 37.8. The summed E-state index contributed by atoms with van der Waals surface area (Å²) in [5, 5.41) is 18.2. The summed E-state index contributed by atoms with van der Waals surface area (Å²) in [7, 11) is 0. The van der Waals surface area contributed by atoms with Crippen LogP contribution >= 0.6 is 11.3 Å². The van der Waals surface area contributed by atoms with E-state index in [1.54, 1.807) is 24.6 Å². The minimum atomic E-state index is -0.507. The molecule has 1 heterocycles. The van der Waals surface area contributed by atoms with Gasteiger partial charge in [-0.05, 0) is 13.0 Å². The third-order valence-corrected chi connectivity index (χ3v) is 3.72. The largest absolute Gasteiger partial charge is 0.326 e. The van der Waals surface area contributed by atoms with Crippen molar-refractivity contribution in [2.75, 3.05) is 10.6 Å². The SMILES string of the molecule is Cc1c(NC(=O)CCC(=O)Nc2nccs2)cccc1[N+](=O)[O-]. The van der Waals surface area contributed by atoms with Gasteiger partial charge >= 0.3 is 0 Å². The summed E-state index contributed by atoms with van der Waals surface area (Å²) in [6.07, 6.45) is 1.54. The highest BCUT2D eigenvalue weighted by Crippen LogP contribution is 2.25. The molecule has 0 aliphatic heterocycles. The van der Waals surface area contributed by atoms with Crippen molar-refractivity contribution in [3.05, 3.63) is 45.5 Å². The number of anilines is 2. The van der Waals surface area contributed by atoms with Crippen LogP contribution in [0.15, 0.2) is 29.8 Å². The minimum absolute atomic E-state index is 0.000607. The Kier molecular flexibility index (Phi) is 5.36. The Morgan fingerprint density at radius 2 is 1.96 bits per heavy atom. The van der Waals surface area contributed by atoms with Crippen molar-refractivity contribution < 1.29 is 14.5 Å². The van der Waals surface area contributed by atoms with Crippen LogP contribution in [0.1, 0.15) is 18.4 Å². The number of hydrogen-bond donors (Lipinski definition) is 2. The second-order valence-electron chi connectivity index (χ2n) is 4.64. The lowest BCUT2D eigenvalue weighted by molar-refractivity contribution is -0.385. The van der Waals surface area contributed by atoms with Gasteiger partial charge in [-0.25, -0.2) is 4.98 Å². The van der Waals surface area contributed by atoms with Crippen LogP contribution in [-0.2, 0) is 9.59 Å². The first-order valence-electron chi connectivity index (χ1n) is 6.70. The van der Waals surface area contributed by atoms with Crippen LogP contribution in [0, 0.1) is 17.0 Å². The molecule has 0 unspecified atom stereocenters. The fourth-order valence-corrected chi connectivity index (χ4v) is 2.41. The van der Waals surface area contributed by atoms with E-state index in [-0.39, 0.29) is 30.3 Å². The first-order chi connectivity index (χ1) is 11.0. The van der Waals surface area contributed by atoms with E-state index >= 15 is 0 Å². The average Bonchev–Trinajstić information content (AvgIpc) is 3.00. The van der Waals surface area contributed by atoms with E-state index < -0.39 is 4.92 Å². The zero-order valence-electron chi connectivity index (χ0n) is 12.2. The van der Waals surface area contributed by atoms with Crippen molar-refractivity contribution in [1.29, 1.82) is 0 Å². The molecule has 120 valence electrons. The number of nitrogens with one attached hydrogen (secondary N) is 2. The van der Waals surface area contributed by atoms with Crippen LogP contribution < -0.4 is 10.6 Å². The van der Waals surface area contributed by atoms with Gasteiger partial charge in [0.05, 0.1) is 16.2 Å². The Morgan fingerprint density at radius 3 is 2.57 bits per heavy atom. The molecule has 2 aromatic rings. The number of benzene rings is 1. The van der Waals surface area contributed by atoms with Crippen molar-refractivity contribution in [2.24, 2.45) is 0 Å². The molecule has 0 aliphatic carbocycles. The Bertz CT molecular complexity index is 730.